The third-order valence-electron chi connectivity index (χ3n) is 4.47. The molecule has 0 spiro atoms. The Hall–Kier alpha value is -1.15. The van der Waals surface area contributed by atoms with Crippen molar-refractivity contribution in [2.75, 3.05) is 45.0 Å². The summed E-state index contributed by atoms with van der Waals surface area (Å²) in [5.74, 6) is -0.271. The molecule has 0 unspecified atom stereocenters. The summed E-state index contributed by atoms with van der Waals surface area (Å²) in [6.07, 6.45) is 0.981. The second kappa shape index (κ2) is 10.9. The lowest BCUT2D eigenvalue weighted by atomic mass is 10.1. The highest BCUT2D eigenvalue weighted by Crippen LogP contribution is 2.09. The number of nitrogens with one attached hydrogen (secondary N) is 1. The highest BCUT2D eigenvalue weighted by Gasteiger charge is 2.26. The first-order chi connectivity index (χ1) is 11.9. The molecule has 6 nitrogen and oxygen atoms in total. The highest BCUT2D eigenvalue weighted by molar-refractivity contribution is 7.89. The summed E-state index contributed by atoms with van der Waals surface area (Å²) >= 11 is 0. The van der Waals surface area contributed by atoms with Crippen LogP contribution in [0.25, 0.3) is 0 Å². The Labute approximate surface area is 163 Å². The van der Waals surface area contributed by atoms with Crippen LogP contribution in [0.4, 0.5) is 0 Å². The molecule has 0 bridgehead atoms. The predicted octanol–water partition coefficient (Wildman–Crippen LogP) is 1.37. The van der Waals surface area contributed by atoms with Crippen molar-refractivity contribution in [2.24, 2.45) is 5.92 Å². The fraction of sp³-hybridized carbons (Fsp3) is 0.611. The van der Waals surface area contributed by atoms with Crippen LogP contribution >= 0.6 is 12.4 Å². The summed E-state index contributed by atoms with van der Waals surface area (Å²) in [5.41, 5.74) is 1.30. The summed E-state index contributed by atoms with van der Waals surface area (Å²) in [5, 5.41) is 2.67. The third-order valence-corrected chi connectivity index (χ3v) is 6.34. The molecule has 8 heteroatoms. The van der Waals surface area contributed by atoms with Crippen LogP contribution in [-0.2, 0) is 21.2 Å². The molecule has 0 saturated carbocycles. The van der Waals surface area contributed by atoms with Gasteiger partial charge in [0.05, 0.1) is 5.75 Å². The van der Waals surface area contributed by atoms with Crippen molar-refractivity contribution in [1.82, 2.24) is 14.5 Å². The molecule has 1 aromatic carbocycles. The van der Waals surface area contributed by atoms with Crippen molar-refractivity contribution in [2.45, 2.75) is 20.3 Å². The van der Waals surface area contributed by atoms with E-state index in [0.717, 1.165) is 26.1 Å². The van der Waals surface area contributed by atoms with Crippen molar-refractivity contribution < 1.29 is 13.2 Å². The molecule has 148 valence electrons. The number of nitrogens with zero attached hydrogens (tertiary/aromatic N) is 2. The standard InChI is InChI=1S/C18H29N3O3S.ClH/c1-16(2)18(22)19-9-15-25(23,24)21-13-11-20(12-14-21)10-8-17-6-4-3-5-7-17;/h3-7,16H,8-15H2,1-2H3,(H,19,22);1H. The minimum atomic E-state index is -3.30. The van der Waals surface area contributed by atoms with Crippen LogP contribution in [0.15, 0.2) is 30.3 Å². The molecule has 1 N–H and O–H groups in total. The number of sulfonamides is 1. The Morgan fingerprint density at radius 1 is 1.12 bits per heavy atom. The normalized spacial score (nSPS) is 16.3. The maximum Gasteiger partial charge on any atom is 0.222 e. The van der Waals surface area contributed by atoms with Crippen LogP contribution in [0.2, 0.25) is 0 Å². The van der Waals surface area contributed by atoms with E-state index in [1.807, 2.05) is 18.2 Å². The number of benzene rings is 1. The summed E-state index contributed by atoms with van der Waals surface area (Å²) < 4.78 is 26.3. The van der Waals surface area contributed by atoms with Crippen LogP contribution < -0.4 is 5.32 Å². The fourth-order valence-electron chi connectivity index (χ4n) is 2.80. The molecule has 1 aliphatic heterocycles. The molecule has 26 heavy (non-hydrogen) atoms. The number of rotatable bonds is 8. The SMILES string of the molecule is CC(C)C(=O)NCCS(=O)(=O)N1CCN(CCc2ccccc2)CC1.Cl. The smallest absolute Gasteiger partial charge is 0.222 e. The van der Waals surface area contributed by atoms with E-state index < -0.39 is 10.0 Å². The number of hydrogen-bond acceptors (Lipinski definition) is 4. The monoisotopic (exact) mass is 403 g/mol. The van der Waals surface area contributed by atoms with Crippen molar-refractivity contribution in [3.8, 4) is 0 Å². The van der Waals surface area contributed by atoms with Gasteiger partial charge in [0.15, 0.2) is 0 Å². The third kappa shape index (κ3) is 7.23. The lowest BCUT2D eigenvalue weighted by molar-refractivity contribution is -0.123. The van der Waals surface area contributed by atoms with Crippen molar-refractivity contribution in [1.29, 1.82) is 0 Å². The molecule has 0 radical (unpaired) electrons. The van der Waals surface area contributed by atoms with Gasteiger partial charge in [-0.2, -0.15) is 4.31 Å². The van der Waals surface area contributed by atoms with E-state index >= 15 is 0 Å². The molecular weight excluding hydrogens is 374 g/mol. The topological polar surface area (TPSA) is 69.7 Å². The van der Waals surface area contributed by atoms with E-state index in [9.17, 15) is 13.2 Å². The Kier molecular flexibility index (Phi) is 9.57. The van der Waals surface area contributed by atoms with Crippen LogP contribution in [0.5, 0.6) is 0 Å². The molecule has 1 aromatic rings. The molecule has 1 heterocycles. The van der Waals surface area contributed by atoms with Gasteiger partial charge in [-0.25, -0.2) is 8.42 Å². The van der Waals surface area contributed by atoms with Gasteiger partial charge in [0, 0.05) is 45.2 Å². The van der Waals surface area contributed by atoms with Crippen LogP contribution in [0.3, 0.4) is 0 Å². The zero-order valence-electron chi connectivity index (χ0n) is 15.6. The number of carbonyl (C=O) groups is 1. The maximum absolute atomic E-state index is 12.4. The van der Waals surface area contributed by atoms with Gasteiger partial charge in [0.25, 0.3) is 0 Å². The van der Waals surface area contributed by atoms with Gasteiger partial charge < -0.3 is 10.2 Å². The zero-order valence-corrected chi connectivity index (χ0v) is 17.2. The van der Waals surface area contributed by atoms with Crippen LogP contribution in [0.1, 0.15) is 19.4 Å². The Balaban J connectivity index is 0.00000338. The van der Waals surface area contributed by atoms with E-state index in [1.54, 1.807) is 18.2 Å². The average Bonchev–Trinajstić information content (AvgIpc) is 2.61. The van der Waals surface area contributed by atoms with Gasteiger partial charge in [-0.15, -0.1) is 12.4 Å². The van der Waals surface area contributed by atoms with Crippen LogP contribution in [0, 0.1) is 5.92 Å². The molecular formula is C18H30ClN3O3S. The van der Waals surface area contributed by atoms with Crippen molar-refractivity contribution in [3.63, 3.8) is 0 Å². The van der Waals surface area contributed by atoms with Crippen molar-refractivity contribution >= 4 is 28.3 Å². The molecule has 1 amide bonds. The molecule has 1 saturated heterocycles. The highest BCUT2D eigenvalue weighted by atomic mass is 35.5. The van der Waals surface area contributed by atoms with Gasteiger partial charge in [-0.3, -0.25) is 4.79 Å². The molecule has 0 aromatic heterocycles. The first-order valence-electron chi connectivity index (χ1n) is 8.90. The molecule has 1 fully saturated rings. The average molecular weight is 404 g/mol. The van der Waals surface area contributed by atoms with E-state index in [1.165, 1.54) is 5.56 Å². The number of carbonyl (C=O) groups excluding carboxylic acids is 1. The molecule has 0 atom stereocenters. The van der Waals surface area contributed by atoms with Gasteiger partial charge in [-0.05, 0) is 12.0 Å². The van der Waals surface area contributed by atoms with E-state index in [2.05, 4.69) is 22.3 Å². The minimum Gasteiger partial charge on any atom is -0.355 e. The molecule has 2 rings (SSSR count). The summed E-state index contributed by atoms with van der Waals surface area (Å²) in [6, 6.07) is 10.3. The first-order valence-corrected chi connectivity index (χ1v) is 10.5. The summed E-state index contributed by atoms with van der Waals surface area (Å²) in [6.45, 7) is 7.26. The van der Waals surface area contributed by atoms with Crippen molar-refractivity contribution in [3.05, 3.63) is 35.9 Å². The summed E-state index contributed by atoms with van der Waals surface area (Å²) in [4.78, 5) is 13.8. The van der Waals surface area contributed by atoms with Crippen LogP contribution in [-0.4, -0.2) is 68.6 Å². The molecule has 0 aliphatic carbocycles. The van der Waals surface area contributed by atoms with Gasteiger partial charge in [0.1, 0.15) is 0 Å². The largest absolute Gasteiger partial charge is 0.355 e. The first kappa shape index (κ1) is 22.9. The Bertz CT molecular complexity index is 645. The van der Waals surface area contributed by atoms with Gasteiger partial charge in [0.2, 0.25) is 15.9 Å². The number of amides is 1. The second-order valence-corrected chi connectivity index (χ2v) is 8.83. The number of halogens is 1. The fourth-order valence-corrected chi connectivity index (χ4v) is 4.14. The Morgan fingerprint density at radius 3 is 2.31 bits per heavy atom. The zero-order chi connectivity index (χ0) is 18.3. The predicted molar refractivity (Wildman–Crippen MR) is 107 cm³/mol. The van der Waals surface area contributed by atoms with E-state index in [-0.39, 0.29) is 36.5 Å². The quantitative estimate of drug-likeness (QED) is 0.711. The van der Waals surface area contributed by atoms with E-state index in [4.69, 9.17) is 0 Å². The Morgan fingerprint density at radius 2 is 1.73 bits per heavy atom. The molecule has 1 aliphatic rings. The summed E-state index contributed by atoms with van der Waals surface area (Å²) in [7, 11) is -3.30. The lowest BCUT2D eigenvalue weighted by Gasteiger charge is -2.34. The van der Waals surface area contributed by atoms with E-state index in [0.29, 0.717) is 13.1 Å². The number of hydrogen-bond donors (Lipinski definition) is 1. The minimum absolute atomic E-state index is 0. The second-order valence-electron chi connectivity index (χ2n) is 6.74. The number of piperazine rings is 1. The van der Waals surface area contributed by atoms with Gasteiger partial charge in [-0.1, -0.05) is 44.2 Å². The van der Waals surface area contributed by atoms with Gasteiger partial charge >= 0.3 is 0 Å². The maximum atomic E-state index is 12.4. The lowest BCUT2D eigenvalue weighted by Crippen LogP contribution is -2.50.